The molecule has 26 heavy (non-hydrogen) atoms. The molecule has 0 unspecified atom stereocenters. The van der Waals surface area contributed by atoms with Gasteiger partial charge < -0.3 is 0 Å². The fourth-order valence-corrected chi connectivity index (χ4v) is 3.61. The summed E-state index contributed by atoms with van der Waals surface area (Å²) < 4.78 is 56.0. The van der Waals surface area contributed by atoms with Gasteiger partial charge in [0.2, 0.25) is 0 Å². The molecule has 0 saturated carbocycles. The predicted molar refractivity (Wildman–Crippen MR) is 95.2 cm³/mol. The van der Waals surface area contributed by atoms with Crippen molar-refractivity contribution in [1.29, 1.82) is 0 Å². The Hall–Kier alpha value is -2.74. The minimum absolute atomic E-state index is 0.0397. The van der Waals surface area contributed by atoms with Crippen molar-refractivity contribution in [2.45, 2.75) is 24.8 Å². The molecule has 136 valence electrons. The van der Waals surface area contributed by atoms with Gasteiger partial charge in [-0.2, -0.15) is 5.10 Å². The average Bonchev–Trinajstić information content (AvgIpc) is 3.05. The Morgan fingerprint density at radius 1 is 1.04 bits per heavy atom. The van der Waals surface area contributed by atoms with Crippen molar-refractivity contribution in [3.8, 4) is 11.3 Å². The zero-order chi connectivity index (χ0) is 18.9. The van der Waals surface area contributed by atoms with Gasteiger partial charge in [-0.25, -0.2) is 17.2 Å². The van der Waals surface area contributed by atoms with Crippen molar-refractivity contribution in [2.24, 2.45) is 0 Å². The van der Waals surface area contributed by atoms with Crippen molar-refractivity contribution in [3.63, 3.8) is 0 Å². The van der Waals surface area contributed by atoms with Crippen LogP contribution in [0.2, 0.25) is 0 Å². The molecule has 1 aromatic heterocycles. The Bertz CT molecular complexity index is 1030. The molecule has 1 N–H and O–H groups in total. The molecule has 8 heteroatoms. The Kier molecular flexibility index (Phi) is 4.78. The van der Waals surface area contributed by atoms with Gasteiger partial charge in [0.05, 0.1) is 5.69 Å². The monoisotopic (exact) mass is 377 g/mol. The highest BCUT2D eigenvalue weighted by Gasteiger charge is 2.24. The number of benzene rings is 2. The van der Waals surface area contributed by atoms with E-state index in [1.54, 1.807) is 28.9 Å². The van der Waals surface area contributed by atoms with Crippen molar-refractivity contribution < 1.29 is 17.2 Å². The maximum Gasteiger partial charge on any atom is 0.265 e. The predicted octanol–water partition coefficient (Wildman–Crippen LogP) is 4.21. The van der Waals surface area contributed by atoms with E-state index >= 15 is 0 Å². The molecule has 5 nitrogen and oxygen atoms in total. The zero-order valence-corrected chi connectivity index (χ0v) is 15.0. The van der Waals surface area contributed by atoms with Gasteiger partial charge in [-0.3, -0.25) is 9.40 Å². The van der Waals surface area contributed by atoms with Crippen LogP contribution in [0.25, 0.3) is 11.3 Å². The van der Waals surface area contributed by atoms with Gasteiger partial charge in [-0.05, 0) is 26.0 Å². The van der Waals surface area contributed by atoms with Gasteiger partial charge in [-0.1, -0.05) is 30.3 Å². The Labute approximate surface area is 150 Å². The first-order chi connectivity index (χ1) is 12.3. The second-order valence-corrected chi connectivity index (χ2v) is 7.67. The van der Waals surface area contributed by atoms with Crippen molar-refractivity contribution in [2.75, 3.05) is 4.72 Å². The highest BCUT2D eigenvalue weighted by atomic mass is 32.2. The second-order valence-electron chi connectivity index (χ2n) is 6.02. The molecule has 0 atom stereocenters. The normalized spacial score (nSPS) is 11.7. The summed E-state index contributed by atoms with van der Waals surface area (Å²) in [4.78, 5) is -0.0397. The number of rotatable bonds is 5. The highest BCUT2D eigenvalue weighted by molar-refractivity contribution is 7.92. The lowest BCUT2D eigenvalue weighted by molar-refractivity contribution is 0.509. The van der Waals surface area contributed by atoms with Crippen LogP contribution in [0.4, 0.5) is 14.5 Å². The standard InChI is InChI=1S/C18H17F2N3O2S/c1-12(2)23-11-17(18(21-23)13-6-4-3-5-7-13)26(24,25)22-14-8-9-15(19)16(20)10-14/h3-12,22H,1-2H3. The molecule has 0 amide bonds. The molecule has 1 heterocycles. The second kappa shape index (κ2) is 6.87. The molecule has 0 spiro atoms. The van der Waals surface area contributed by atoms with Crippen molar-refractivity contribution in [3.05, 3.63) is 66.4 Å². The molecular formula is C18H17F2N3O2S. The van der Waals surface area contributed by atoms with Crippen LogP contribution in [-0.4, -0.2) is 18.2 Å². The molecule has 0 aliphatic carbocycles. The van der Waals surface area contributed by atoms with Crippen LogP contribution < -0.4 is 4.72 Å². The van der Waals surface area contributed by atoms with Crippen molar-refractivity contribution >= 4 is 15.7 Å². The van der Waals surface area contributed by atoms with E-state index in [0.717, 1.165) is 18.2 Å². The van der Waals surface area contributed by atoms with Gasteiger partial charge >= 0.3 is 0 Å². The van der Waals surface area contributed by atoms with Crippen LogP contribution >= 0.6 is 0 Å². The van der Waals surface area contributed by atoms with E-state index in [1.807, 2.05) is 19.9 Å². The summed E-state index contributed by atoms with van der Waals surface area (Å²) in [7, 11) is -4.06. The first kappa shape index (κ1) is 18.1. The zero-order valence-electron chi connectivity index (χ0n) is 14.1. The number of aromatic nitrogens is 2. The van der Waals surface area contributed by atoms with Crippen molar-refractivity contribution in [1.82, 2.24) is 9.78 Å². The molecule has 3 aromatic rings. The molecule has 0 bridgehead atoms. The number of anilines is 1. The molecule has 2 aromatic carbocycles. The number of sulfonamides is 1. The van der Waals surface area contributed by atoms with E-state index < -0.39 is 21.7 Å². The van der Waals surface area contributed by atoms with Gasteiger partial charge in [-0.15, -0.1) is 0 Å². The van der Waals surface area contributed by atoms with Crippen LogP contribution in [0.5, 0.6) is 0 Å². The Balaban J connectivity index is 2.07. The summed E-state index contributed by atoms with van der Waals surface area (Å²) in [6.07, 6.45) is 1.43. The largest absolute Gasteiger partial charge is 0.279 e. The van der Waals surface area contributed by atoms with E-state index in [9.17, 15) is 17.2 Å². The van der Waals surface area contributed by atoms with Gasteiger partial charge in [0, 0.05) is 23.9 Å². The minimum Gasteiger partial charge on any atom is -0.279 e. The lowest BCUT2D eigenvalue weighted by Gasteiger charge is -2.08. The molecule has 0 aliphatic rings. The van der Waals surface area contributed by atoms with E-state index in [-0.39, 0.29) is 22.3 Å². The Morgan fingerprint density at radius 2 is 1.73 bits per heavy atom. The minimum atomic E-state index is -4.06. The van der Waals surface area contributed by atoms with Crippen LogP contribution in [0.15, 0.2) is 59.6 Å². The van der Waals surface area contributed by atoms with E-state index in [1.165, 1.54) is 6.20 Å². The molecular weight excluding hydrogens is 360 g/mol. The first-order valence-electron chi connectivity index (χ1n) is 7.90. The van der Waals surface area contributed by atoms with Crippen LogP contribution in [0.3, 0.4) is 0 Å². The van der Waals surface area contributed by atoms with Crippen LogP contribution in [-0.2, 0) is 10.0 Å². The summed E-state index contributed by atoms with van der Waals surface area (Å²) in [5.74, 6) is -2.18. The topological polar surface area (TPSA) is 64.0 Å². The average molecular weight is 377 g/mol. The number of nitrogens with zero attached hydrogens (tertiary/aromatic N) is 2. The third-order valence-electron chi connectivity index (χ3n) is 3.74. The molecule has 0 radical (unpaired) electrons. The van der Waals surface area contributed by atoms with Crippen LogP contribution in [0, 0.1) is 11.6 Å². The third-order valence-corrected chi connectivity index (χ3v) is 5.12. The van der Waals surface area contributed by atoms with Crippen LogP contribution in [0.1, 0.15) is 19.9 Å². The molecule has 0 saturated heterocycles. The maximum atomic E-state index is 13.4. The lowest BCUT2D eigenvalue weighted by atomic mass is 10.2. The Morgan fingerprint density at radius 3 is 2.35 bits per heavy atom. The number of hydrogen-bond donors (Lipinski definition) is 1. The van der Waals surface area contributed by atoms with E-state index in [4.69, 9.17) is 0 Å². The fourth-order valence-electron chi connectivity index (χ4n) is 2.40. The number of nitrogens with one attached hydrogen (secondary N) is 1. The smallest absolute Gasteiger partial charge is 0.265 e. The first-order valence-corrected chi connectivity index (χ1v) is 9.38. The maximum absolute atomic E-state index is 13.4. The summed E-state index contributed by atoms with van der Waals surface area (Å²) in [5, 5.41) is 4.38. The number of halogens is 2. The van der Waals surface area contributed by atoms with E-state index in [2.05, 4.69) is 9.82 Å². The summed E-state index contributed by atoms with van der Waals surface area (Å²) >= 11 is 0. The molecule has 0 aliphatic heterocycles. The SMILES string of the molecule is CC(C)n1cc(S(=O)(=O)Nc2ccc(F)c(F)c2)c(-c2ccccc2)n1. The van der Waals surface area contributed by atoms with E-state index in [0.29, 0.717) is 5.56 Å². The summed E-state index contributed by atoms with van der Waals surface area (Å²) in [5.41, 5.74) is 0.854. The lowest BCUT2D eigenvalue weighted by Crippen LogP contribution is -2.13. The molecule has 0 fully saturated rings. The van der Waals surface area contributed by atoms with Gasteiger partial charge in [0.15, 0.2) is 11.6 Å². The summed E-state index contributed by atoms with van der Waals surface area (Å²) in [6, 6.07) is 11.6. The third kappa shape index (κ3) is 3.60. The summed E-state index contributed by atoms with van der Waals surface area (Å²) in [6.45, 7) is 3.75. The molecule has 3 rings (SSSR count). The van der Waals surface area contributed by atoms with Gasteiger partial charge in [0.25, 0.3) is 10.0 Å². The highest BCUT2D eigenvalue weighted by Crippen LogP contribution is 2.29. The fraction of sp³-hybridized carbons (Fsp3) is 0.167. The quantitative estimate of drug-likeness (QED) is 0.724. The number of hydrogen-bond acceptors (Lipinski definition) is 3. The van der Waals surface area contributed by atoms with Gasteiger partial charge in [0.1, 0.15) is 10.6 Å².